The number of aromatic amines is 1. The molecular formula is C21H28N2O4. The number of rotatable bonds is 9. The van der Waals surface area contributed by atoms with Crippen LogP contribution in [0.4, 0.5) is 0 Å². The van der Waals surface area contributed by atoms with Crippen molar-refractivity contribution in [2.75, 3.05) is 13.2 Å². The standard InChI is InChI=1S/C21H28N2O4/c1-5-26-17-9-7-16(8-10-17)13-22-19(24)12-11-18-14(3)20(23-15(18)4)21(25)27-6-2/h7-10,23H,5-6,11-13H2,1-4H3,(H,22,24). The van der Waals surface area contributed by atoms with E-state index in [1.165, 1.54) is 0 Å². The molecule has 146 valence electrons. The molecule has 0 atom stereocenters. The summed E-state index contributed by atoms with van der Waals surface area (Å²) < 4.78 is 10.5. The van der Waals surface area contributed by atoms with Crippen LogP contribution in [0, 0.1) is 13.8 Å². The third kappa shape index (κ3) is 5.61. The van der Waals surface area contributed by atoms with Crippen LogP contribution in [0.5, 0.6) is 5.75 Å². The van der Waals surface area contributed by atoms with Gasteiger partial charge in [0.25, 0.3) is 0 Å². The predicted molar refractivity (Wildman–Crippen MR) is 104 cm³/mol. The van der Waals surface area contributed by atoms with Crippen LogP contribution < -0.4 is 10.1 Å². The molecule has 1 heterocycles. The molecule has 27 heavy (non-hydrogen) atoms. The first-order chi connectivity index (χ1) is 13.0. The zero-order chi connectivity index (χ0) is 19.8. The van der Waals surface area contributed by atoms with Crippen LogP contribution in [0.25, 0.3) is 0 Å². The van der Waals surface area contributed by atoms with Gasteiger partial charge in [-0.3, -0.25) is 4.79 Å². The van der Waals surface area contributed by atoms with Crippen molar-refractivity contribution < 1.29 is 19.1 Å². The highest BCUT2D eigenvalue weighted by Crippen LogP contribution is 2.20. The van der Waals surface area contributed by atoms with Crippen molar-refractivity contribution in [2.45, 2.75) is 47.1 Å². The smallest absolute Gasteiger partial charge is 0.355 e. The number of hydrogen-bond acceptors (Lipinski definition) is 4. The fourth-order valence-electron chi connectivity index (χ4n) is 2.97. The molecule has 1 aromatic heterocycles. The number of ether oxygens (including phenoxy) is 2. The zero-order valence-corrected chi connectivity index (χ0v) is 16.5. The van der Waals surface area contributed by atoms with E-state index >= 15 is 0 Å². The molecule has 6 heteroatoms. The van der Waals surface area contributed by atoms with E-state index in [0.717, 1.165) is 28.1 Å². The number of amides is 1. The van der Waals surface area contributed by atoms with Crippen LogP contribution in [0.3, 0.4) is 0 Å². The molecule has 0 aliphatic rings. The Balaban J connectivity index is 1.87. The first kappa shape index (κ1) is 20.6. The minimum atomic E-state index is -0.357. The average molecular weight is 372 g/mol. The zero-order valence-electron chi connectivity index (χ0n) is 16.5. The highest BCUT2D eigenvalue weighted by Gasteiger charge is 2.18. The third-order valence-electron chi connectivity index (χ3n) is 4.40. The van der Waals surface area contributed by atoms with E-state index in [9.17, 15) is 9.59 Å². The topological polar surface area (TPSA) is 80.4 Å². The minimum Gasteiger partial charge on any atom is -0.494 e. The van der Waals surface area contributed by atoms with Gasteiger partial charge in [0.1, 0.15) is 11.4 Å². The summed E-state index contributed by atoms with van der Waals surface area (Å²) in [6, 6.07) is 7.68. The molecule has 0 fully saturated rings. The Kier molecular flexibility index (Phi) is 7.46. The van der Waals surface area contributed by atoms with Gasteiger partial charge < -0.3 is 19.8 Å². The minimum absolute atomic E-state index is 0.0263. The number of benzene rings is 1. The molecule has 0 bridgehead atoms. The first-order valence-corrected chi connectivity index (χ1v) is 9.29. The van der Waals surface area contributed by atoms with Crippen LogP contribution in [0.15, 0.2) is 24.3 Å². The van der Waals surface area contributed by atoms with Crippen molar-refractivity contribution in [3.05, 3.63) is 52.3 Å². The summed E-state index contributed by atoms with van der Waals surface area (Å²) in [7, 11) is 0. The van der Waals surface area contributed by atoms with E-state index < -0.39 is 0 Å². The normalized spacial score (nSPS) is 10.5. The highest BCUT2D eigenvalue weighted by molar-refractivity contribution is 5.90. The lowest BCUT2D eigenvalue weighted by atomic mass is 10.0. The maximum Gasteiger partial charge on any atom is 0.355 e. The molecule has 0 saturated carbocycles. The summed E-state index contributed by atoms with van der Waals surface area (Å²) in [6.07, 6.45) is 0.932. The largest absolute Gasteiger partial charge is 0.494 e. The summed E-state index contributed by atoms with van der Waals surface area (Å²) >= 11 is 0. The number of H-pyrrole nitrogens is 1. The van der Waals surface area contributed by atoms with Crippen LogP contribution >= 0.6 is 0 Å². The molecular weight excluding hydrogens is 344 g/mol. The first-order valence-electron chi connectivity index (χ1n) is 9.29. The molecule has 0 radical (unpaired) electrons. The molecule has 1 amide bonds. The molecule has 2 aromatic rings. The number of aromatic nitrogens is 1. The van der Waals surface area contributed by atoms with E-state index in [1.54, 1.807) is 6.92 Å². The Morgan fingerprint density at radius 3 is 2.41 bits per heavy atom. The lowest BCUT2D eigenvalue weighted by molar-refractivity contribution is -0.121. The number of hydrogen-bond donors (Lipinski definition) is 2. The van der Waals surface area contributed by atoms with Gasteiger partial charge in [0, 0.05) is 18.7 Å². The van der Waals surface area contributed by atoms with E-state index in [2.05, 4.69) is 10.3 Å². The van der Waals surface area contributed by atoms with Crippen LogP contribution in [-0.4, -0.2) is 30.1 Å². The summed E-state index contributed by atoms with van der Waals surface area (Å²) in [4.78, 5) is 27.2. The molecule has 2 rings (SSSR count). The highest BCUT2D eigenvalue weighted by atomic mass is 16.5. The summed E-state index contributed by atoms with van der Waals surface area (Å²) in [6.45, 7) is 8.94. The van der Waals surface area contributed by atoms with Gasteiger partial charge >= 0.3 is 5.97 Å². The van der Waals surface area contributed by atoms with Crippen LogP contribution in [-0.2, 0) is 22.5 Å². The fourth-order valence-corrected chi connectivity index (χ4v) is 2.97. The lowest BCUT2D eigenvalue weighted by Crippen LogP contribution is -2.23. The van der Waals surface area contributed by atoms with Crippen molar-refractivity contribution in [1.82, 2.24) is 10.3 Å². The van der Waals surface area contributed by atoms with Gasteiger partial charge in [-0.1, -0.05) is 12.1 Å². The van der Waals surface area contributed by atoms with Gasteiger partial charge in [-0.15, -0.1) is 0 Å². The van der Waals surface area contributed by atoms with Crippen molar-refractivity contribution >= 4 is 11.9 Å². The molecule has 0 unspecified atom stereocenters. The Morgan fingerprint density at radius 2 is 1.78 bits per heavy atom. The van der Waals surface area contributed by atoms with Crippen molar-refractivity contribution in [2.24, 2.45) is 0 Å². The fraction of sp³-hybridized carbons (Fsp3) is 0.429. The van der Waals surface area contributed by atoms with E-state index in [4.69, 9.17) is 9.47 Å². The molecule has 0 spiro atoms. The molecule has 6 nitrogen and oxygen atoms in total. The van der Waals surface area contributed by atoms with Crippen LogP contribution in [0.1, 0.15) is 53.1 Å². The summed E-state index contributed by atoms with van der Waals surface area (Å²) in [5, 5.41) is 2.93. The second kappa shape index (κ2) is 9.80. The quantitative estimate of drug-likeness (QED) is 0.661. The van der Waals surface area contributed by atoms with Gasteiger partial charge in [0.05, 0.1) is 13.2 Å². The van der Waals surface area contributed by atoms with Crippen molar-refractivity contribution in [3.63, 3.8) is 0 Å². The third-order valence-corrected chi connectivity index (χ3v) is 4.40. The number of aryl methyl sites for hydroxylation is 1. The molecule has 1 aromatic carbocycles. The number of esters is 1. The monoisotopic (exact) mass is 372 g/mol. The lowest BCUT2D eigenvalue weighted by Gasteiger charge is -2.08. The molecule has 0 aliphatic heterocycles. The second-order valence-electron chi connectivity index (χ2n) is 6.30. The summed E-state index contributed by atoms with van der Waals surface area (Å²) in [5.41, 5.74) is 4.24. The van der Waals surface area contributed by atoms with Gasteiger partial charge in [0.2, 0.25) is 5.91 Å². The van der Waals surface area contributed by atoms with E-state index in [0.29, 0.717) is 38.3 Å². The van der Waals surface area contributed by atoms with Crippen molar-refractivity contribution in [3.8, 4) is 5.75 Å². The Morgan fingerprint density at radius 1 is 1.07 bits per heavy atom. The second-order valence-corrected chi connectivity index (χ2v) is 6.30. The van der Waals surface area contributed by atoms with E-state index in [-0.39, 0.29) is 11.9 Å². The summed E-state index contributed by atoms with van der Waals surface area (Å²) in [5.74, 6) is 0.439. The molecule has 0 saturated heterocycles. The van der Waals surface area contributed by atoms with Crippen molar-refractivity contribution in [1.29, 1.82) is 0 Å². The maximum atomic E-state index is 12.2. The average Bonchev–Trinajstić information content (AvgIpc) is 2.94. The Hall–Kier alpha value is -2.76. The number of carbonyl (C=O) groups excluding carboxylic acids is 2. The van der Waals surface area contributed by atoms with Gasteiger partial charge in [-0.05, 0) is 62.9 Å². The van der Waals surface area contributed by atoms with Gasteiger partial charge in [0.15, 0.2) is 0 Å². The molecule has 0 aliphatic carbocycles. The molecule has 2 N–H and O–H groups in total. The Labute approximate surface area is 160 Å². The Bertz CT molecular complexity index is 778. The SMILES string of the molecule is CCOC(=O)c1[nH]c(C)c(CCC(=O)NCc2ccc(OCC)cc2)c1C. The number of carbonyl (C=O) groups is 2. The van der Waals surface area contributed by atoms with Gasteiger partial charge in [-0.2, -0.15) is 0 Å². The predicted octanol–water partition coefficient (Wildman–Crippen LogP) is 3.46. The van der Waals surface area contributed by atoms with Crippen LogP contribution in [0.2, 0.25) is 0 Å². The van der Waals surface area contributed by atoms with E-state index in [1.807, 2.05) is 45.0 Å². The van der Waals surface area contributed by atoms with Gasteiger partial charge in [-0.25, -0.2) is 4.79 Å². The number of nitrogens with one attached hydrogen (secondary N) is 2. The maximum absolute atomic E-state index is 12.2.